The molecule has 0 bridgehead atoms. The van der Waals surface area contributed by atoms with E-state index in [9.17, 15) is 4.79 Å². The summed E-state index contributed by atoms with van der Waals surface area (Å²) in [5.74, 6) is 1.37. The molecule has 6 nitrogen and oxygen atoms in total. The maximum Gasteiger partial charge on any atom is 0.252 e. The minimum absolute atomic E-state index is 0. The van der Waals surface area contributed by atoms with Gasteiger partial charge in [-0.05, 0) is 24.7 Å². The van der Waals surface area contributed by atoms with Crippen LogP contribution in [0.15, 0.2) is 48.5 Å². The Labute approximate surface area is 198 Å². The van der Waals surface area contributed by atoms with Crippen LogP contribution in [0.1, 0.15) is 19.4 Å². The van der Waals surface area contributed by atoms with Gasteiger partial charge in [0.1, 0.15) is 13.2 Å². The number of aromatic nitrogens is 1. The summed E-state index contributed by atoms with van der Waals surface area (Å²) < 4.78 is 12.4. The van der Waals surface area contributed by atoms with Crippen LogP contribution >= 0.6 is 23.7 Å². The molecule has 170 valence electrons. The van der Waals surface area contributed by atoms with E-state index in [4.69, 9.17) is 14.5 Å². The van der Waals surface area contributed by atoms with Crippen LogP contribution in [0.4, 0.5) is 5.13 Å². The number of likely N-dealkylation sites (N-methyl/N-ethyl adjacent to an activating group) is 1. The number of carbonyl (C=O) groups excluding carboxylic acids is 1. The lowest BCUT2D eigenvalue weighted by Crippen LogP contribution is -2.38. The number of anilines is 1. The number of hydrogen-bond donors (Lipinski definition) is 0. The molecule has 32 heavy (non-hydrogen) atoms. The third-order valence-electron chi connectivity index (χ3n) is 5.29. The normalized spacial score (nSPS) is 12.8. The van der Waals surface area contributed by atoms with Crippen molar-refractivity contribution in [3.63, 3.8) is 0 Å². The first-order chi connectivity index (χ1) is 15.2. The van der Waals surface area contributed by atoms with E-state index in [1.807, 2.05) is 48.5 Å². The molecule has 1 aliphatic rings. The Balaban J connectivity index is 0.00000289. The number of carbonyl (C=O) groups is 1. The first-order valence-electron chi connectivity index (χ1n) is 10.6. The molecule has 1 aromatic heterocycles. The smallest absolute Gasteiger partial charge is 0.252 e. The first kappa shape index (κ1) is 24.0. The maximum atomic E-state index is 13.2. The van der Waals surface area contributed by atoms with Crippen LogP contribution in [-0.2, 0) is 4.79 Å². The lowest BCUT2D eigenvalue weighted by atomic mass is 10.2. The highest BCUT2D eigenvalue weighted by molar-refractivity contribution is 7.22. The van der Waals surface area contributed by atoms with Gasteiger partial charge in [0.05, 0.1) is 10.2 Å². The fourth-order valence-electron chi connectivity index (χ4n) is 3.47. The molecule has 2 aromatic carbocycles. The number of ether oxygens (including phenoxy) is 2. The zero-order valence-corrected chi connectivity index (χ0v) is 20.0. The zero-order valence-electron chi connectivity index (χ0n) is 18.3. The highest BCUT2D eigenvalue weighted by Crippen LogP contribution is 2.38. The summed E-state index contributed by atoms with van der Waals surface area (Å²) in [6.07, 6.45) is 3.47. The van der Waals surface area contributed by atoms with Crippen molar-refractivity contribution in [2.75, 3.05) is 44.3 Å². The molecule has 0 unspecified atom stereocenters. The Morgan fingerprint density at radius 3 is 2.44 bits per heavy atom. The van der Waals surface area contributed by atoms with E-state index in [-0.39, 0.29) is 18.3 Å². The number of benzene rings is 2. The molecule has 0 saturated carbocycles. The summed E-state index contributed by atoms with van der Waals surface area (Å²) in [6.45, 7) is 8.60. The van der Waals surface area contributed by atoms with Gasteiger partial charge < -0.3 is 14.4 Å². The fraction of sp³-hybridized carbons (Fsp3) is 0.333. The molecule has 3 aromatic rings. The number of fused-ring (bicyclic) bond motifs is 2. The Morgan fingerprint density at radius 2 is 1.75 bits per heavy atom. The minimum atomic E-state index is -0.0765. The molecule has 0 aliphatic carbocycles. The molecule has 4 rings (SSSR count). The van der Waals surface area contributed by atoms with Crippen molar-refractivity contribution >= 4 is 51.1 Å². The highest BCUT2D eigenvalue weighted by Gasteiger charge is 2.21. The van der Waals surface area contributed by atoms with Crippen LogP contribution < -0.4 is 14.4 Å². The summed E-state index contributed by atoms with van der Waals surface area (Å²) >= 11 is 1.50. The van der Waals surface area contributed by atoms with Crippen molar-refractivity contribution in [1.29, 1.82) is 0 Å². The second-order valence-corrected chi connectivity index (χ2v) is 8.23. The molecule has 0 saturated heterocycles. The third kappa shape index (κ3) is 5.59. The number of hydrogen-bond acceptors (Lipinski definition) is 6. The predicted molar refractivity (Wildman–Crippen MR) is 133 cm³/mol. The molecule has 0 spiro atoms. The van der Waals surface area contributed by atoms with Crippen LogP contribution in [-0.4, -0.2) is 55.2 Å². The summed E-state index contributed by atoms with van der Waals surface area (Å²) in [7, 11) is 0. The number of thiazole rings is 1. The molecule has 2 heterocycles. The van der Waals surface area contributed by atoms with Crippen molar-refractivity contribution in [3.8, 4) is 11.5 Å². The van der Waals surface area contributed by atoms with Crippen molar-refractivity contribution in [3.05, 3.63) is 54.1 Å². The molecule has 0 N–H and O–H groups in total. The van der Waals surface area contributed by atoms with E-state index in [2.05, 4.69) is 18.7 Å². The first-order valence-corrected chi connectivity index (χ1v) is 11.5. The zero-order chi connectivity index (χ0) is 21.6. The SMILES string of the molecule is CCN(CC)CCN(C(=O)C=Cc1ccccc1)c1nc2cc3c(cc2s1)OCCO3.Cl. The molecular weight excluding hydrogens is 446 g/mol. The number of rotatable bonds is 8. The Kier molecular flexibility index (Phi) is 8.50. The highest BCUT2D eigenvalue weighted by atomic mass is 35.5. The second-order valence-electron chi connectivity index (χ2n) is 7.22. The number of amides is 1. The molecule has 1 aliphatic heterocycles. The molecular formula is C24H28ClN3O3S. The van der Waals surface area contributed by atoms with Crippen molar-refractivity contribution < 1.29 is 14.3 Å². The quantitative estimate of drug-likeness (QED) is 0.436. The van der Waals surface area contributed by atoms with E-state index in [0.29, 0.717) is 30.6 Å². The predicted octanol–water partition coefficient (Wildman–Crippen LogP) is 4.88. The van der Waals surface area contributed by atoms with Crippen LogP contribution in [0, 0.1) is 0 Å². The Morgan fingerprint density at radius 1 is 1.06 bits per heavy atom. The summed E-state index contributed by atoms with van der Waals surface area (Å²) in [6, 6.07) is 13.7. The van der Waals surface area contributed by atoms with Gasteiger partial charge in [0.2, 0.25) is 0 Å². The number of nitrogens with zero attached hydrogens (tertiary/aromatic N) is 3. The topological polar surface area (TPSA) is 54.9 Å². The van der Waals surface area contributed by atoms with Crippen LogP contribution in [0.25, 0.3) is 16.3 Å². The van der Waals surface area contributed by atoms with Crippen LogP contribution in [0.2, 0.25) is 0 Å². The van der Waals surface area contributed by atoms with E-state index in [1.54, 1.807) is 11.0 Å². The van der Waals surface area contributed by atoms with E-state index in [0.717, 1.165) is 41.2 Å². The van der Waals surface area contributed by atoms with Gasteiger partial charge >= 0.3 is 0 Å². The number of halogens is 1. The van der Waals surface area contributed by atoms with Crippen molar-refractivity contribution in [1.82, 2.24) is 9.88 Å². The van der Waals surface area contributed by atoms with Gasteiger partial charge in [-0.25, -0.2) is 4.98 Å². The fourth-order valence-corrected chi connectivity index (χ4v) is 4.48. The Bertz CT molecular complexity index is 1020. The monoisotopic (exact) mass is 473 g/mol. The molecule has 0 fully saturated rings. The average molecular weight is 474 g/mol. The van der Waals surface area contributed by atoms with E-state index in [1.165, 1.54) is 11.3 Å². The Hall–Kier alpha value is -2.61. The van der Waals surface area contributed by atoms with Crippen LogP contribution in [0.3, 0.4) is 0 Å². The third-order valence-corrected chi connectivity index (χ3v) is 6.33. The molecule has 0 atom stereocenters. The standard InChI is InChI=1S/C24H27N3O3S.ClH/c1-3-26(4-2)12-13-27(23(28)11-10-18-8-6-5-7-9-18)24-25-19-16-20-21(17-22(19)31-24)30-15-14-29-20;/h5-11,16-17H,3-4,12-15H2,1-2H3;1H. The van der Waals surface area contributed by atoms with Gasteiger partial charge in [0.15, 0.2) is 16.6 Å². The van der Waals surface area contributed by atoms with E-state index < -0.39 is 0 Å². The van der Waals surface area contributed by atoms with Gasteiger partial charge in [-0.2, -0.15) is 0 Å². The molecule has 8 heteroatoms. The van der Waals surface area contributed by atoms with Crippen molar-refractivity contribution in [2.45, 2.75) is 13.8 Å². The lowest BCUT2D eigenvalue weighted by molar-refractivity contribution is -0.114. The van der Waals surface area contributed by atoms with Crippen molar-refractivity contribution in [2.24, 2.45) is 0 Å². The summed E-state index contributed by atoms with van der Waals surface area (Å²) in [5.41, 5.74) is 1.81. The summed E-state index contributed by atoms with van der Waals surface area (Å²) in [4.78, 5) is 22.0. The lowest BCUT2D eigenvalue weighted by Gasteiger charge is -2.23. The molecule has 0 radical (unpaired) electrons. The van der Waals surface area contributed by atoms with Crippen LogP contribution in [0.5, 0.6) is 11.5 Å². The average Bonchev–Trinajstić information content (AvgIpc) is 3.21. The van der Waals surface area contributed by atoms with Gasteiger partial charge in [-0.1, -0.05) is 55.5 Å². The van der Waals surface area contributed by atoms with Gasteiger partial charge in [0.25, 0.3) is 5.91 Å². The van der Waals surface area contributed by atoms with Gasteiger partial charge in [-0.3, -0.25) is 9.69 Å². The second kappa shape index (κ2) is 11.3. The van der Waals surface area contributed by atoms with Gasteiger partial charge in [-0.15, -0.1) is 12.4 Å². The largest absolute Gasteiger partial charge is 0.486 e. The van der Waals surface area contributed by atoms with E-state index >= 15 is 0 Å². The molecule has 1 amide bonds. The maximum absolute atomic E-state index is 13.2. The minimum Gasteiger partial charge on any atom is -0.486 e. The van der Waals surface area contributed by atoms with Gasteiger partial charge in [0, 0.05) is 31.3 Å². The summed E-state index contributed by atoms with van der Waals surface area (Å²) in [5, 5.41) is 0.687.